The van der Waals surface area contributed by atoms with Gasteiger partial charge in [0.15, 0.2) is 11.6 Å². The van der Waals surface area contributed by atoms with Crippen molar-refractivity contribution in [3.63, 3.8) is 0 Å². The van der Waals surface area contributed by atoms with E-state index in [1.165, 1.54) is 28.5 Å². The van der Waals surface area contributed by atoms with Crippen LogP contribution in [0.5, 0.6) is 0 Å². The van der Waals surface area contributed by atoms with E-state index in [4.69, 9.17) is 0 Å². The molecule has 1 aliphatic heterocycles. The second kappa shape index (κ2) is 7.45. The molecule has 0 saturated carbocycles. The first kappa shape index (κ1) is 17.6. The van der Waals surface area contributed by atoms with Gasteiger partial charge in [0.1, 0.15) is 0 Å². The Morgan fingerprint density at radius 3 is 2.37 bits per heavy atom. The molecule has 3 aromatic carbocycles. The lowest BCUT2D eigenvalue weighted by atomic mass is 10.0. The standard InChI is InChI=1S/C22H20F2N2O/c23-20-10-4-9-19(21(20)24)22(27)26-13-11-25(12-14-26)15-17-7-3-6-16-5-1-2-8-18(16)17/h1-10H,11-15H2. The van der Waals surface area contributed by atoms with Crippen molar-refractivity contribution < 1.29 is 13.6 Å². The lowest BCUT2D eigenvalue weighted by Gasteiger charge is -2.35. The number of rotatable bonds is 3. The molecule has 3 nitrogen and oxygen atoms in total. The minimum Gasteiger partial charge on any atom is -0.336 e. The van der Waals surface area contributed by atoms with Gasteiger partial charge in [-0.25, -0.2) is 8.78 Å². The van der Waals surface area contributed by atoms with Crippen molar-refractivity contribution in [2.75, 3.05) is 26.2 Å². The maximum atomic E-state index is 13.9. The van der Waals surface area contributed by atoms with Gasteiger partial charge in [-0.2, -0.15) is 0 Å². The lowest BCUT2D eigenvalue weighted by Crippen LogP contribution is -2.48. The number of fused-ring (bicyclic) bond motifs is 1. The van der Waals surface area contributed by atoms with Crippen molar-refractivity contribution in [3.8, 4) is 0 Å². The average Bonchev–Trinajstić information content (AvgIpc) is 2.70. The molecule has 1 fully saturated rings. The summed E-state index contributed by atoms with van der Waals surface area (Å²) in [5, 5.41) is 2.45. The maximum Gasteiger partial charge on any atom is 0.257 e. The van der Waals surface area contributed by atoms with Crippen LogP contribution in [0.4, 0.5) is 8.78 Å². The van der Waals surface area contributed by atoms with Gasteiger partial charge in [0.2, 0.25) is 0 Å². The second-order valence-electron chi connectivity index (χ2n) is 6.81. The highest BCUT2D eigenvalue weighted by atomic mass is 19.2. The molecule has 4 rings (SSSR count). The monoisotopic (exact) mass is 366 g/mol. The quantitative estimate of drug-likeness (QED) is 0.697. The Morgan fingerprint density at radius 2 is 1.56 bits per heavy atom. The highest BCUT2D eigenvalue weighted by Gasteiger charge is 2.25. The van der Waals surface area contributed by atoms with Crippen LogP contribution >= 0.6 is 0 Å². The zero-order valence-electron chi connectivity index (χ0n) is 14.9. The second-order valence-corrected chi connectivity index (χ2v) is 6.81. The number of carbonyl (C=O) groups excluding carboxylic acids is 1. The van der Waals surface area contributed by atoms with E-state index in [0.717, 1.165) is 12.6 Å². The molecule has 0 radical (unpaired) electrons. The molecule has 27 heavy (non-hydrogen) atoms. The van der Waals surface area contributed by atoms with E-state index in [9.17, 15) is 13.6 Å². The number of nitrogens with zero attached hydrogens (tertiary/aromatic N) is 2. The van der Waals surface area contributed by atoms with Crippen LogP contribution in [0.25, 0.3) is 10.8 Å². The number of amides is 1. The first-order valence-corrected chi connectivity index (χ1v) is 9.06. The summed E-state index contributed by atoms with van der Waals surface area (Å²) >= 11 is 0. The van der Waals surface area contributed by atoms with E-state index >= 15 is 0 Å². The molecule has 0 aromatic heterocycles. The summed E-state index contributed by atoms with van der Waals surface area (Å²) in [4.78, 5) is 16.4. The Morgan fingerprint density at radius 1 is 0.852 bits per heavy atom. The normalized spacial score (nSPS) is 15.3. The van der Waals surface area contributed by atoms with Crippen molar-refractivity contribution >= 4 is 16.7 Å². The van der Waals surface area contributed by atoms with E-state index in [0.29, 0.717) is 26.2 Å². The molecule has 1 aliphatic rings. The Kier molecular flexibility index (Phi) is 4.86. The van der Waals surface area contributed by atoms with Gasteiger partial charge in [-0.15, -0.1) is 0 Å². The SMILES string of the molecule is O=C(c1cccc(F)c1F)N1CCN(Cc2cccc3ccccc23)CC1. The molecule has 1 heterocycles. The number of carbonyl (C=O) groups is 1. The summed E-state index contributed by atoms with van der Waals surface area (Å²) in [6.45, 7) is 3.20. The third-order valence-corrected chi connectivity index (χ3v) is 5.12. The Bertz CT molecular complexity index is 976. The summed E-state index contributed by atoms with van der Waals surface area (Å²) in [7, 11) is 0. The molecular formula is C22H20F2N2O. The molecule has 5 heteroatoms. The topological polar surface area (TPSA) is 23.6 Å². The van der Waals surface area contributed by atoms with E-state index in [2.05, 4.69) is 35.2 Å². The molecule has 0 unspecified atom stereocenters. The average molecular weight is 366 g/mol. The highest BCUT2D eigenvalue weighted by Crippen LogP contribution is 2.21. The maximum absolute atomic E-state index is 13.9. The fourth-order valence-corrected chi connectivity index (χ4v) is 3.62. The third-order valence-electron chi connectivity index (χ3n) is 5.12. The van der Waals surface area contributed by atoms with Crippen molar-refractivity contribution in [1.29, 1.82) is 0 Å². The van der Waals surface area contributed by atoms with Crippen LogP contribution in [0.3, 0.4) is 0 Å². The molecule has 0 aliphatic carbocycles. The highest BCUT2D eigenvalue weighted by molar-refractivity contribution is 5.94. The van der Waals surface area contributed by atoms with Crippen molar-refractivity contribution in [2.24, 2.45) is 0 Å². The van der Waals surface area contributed by atoms with Gasteiger partial charge < -0.3 is 4.90 Å². The molecule has 138 valence electrons. The van der Waals surface area contributed by atoms with Crippen molar-refractivity contribution in [2.45, 2.75) is 6.54 Å². The van der Waals surface area contributed by atoms with Crippen LogP contribution < -0.4 is 0 Å². The van der Waals surface area contributed by atoms with Crippen LogP contribution in [0.2, 0.25) is 0 Å². The first-order chi connectivity index (χ1) is 13.1. The number of piperazine rings is 1. The van der Waals surface area contributed by atoms with Crippen LogP contribution in [0.1, 0.15) is 15.9 Å². The smallest absolute Gasteiger partial charge is 0.257 e. The summed E-state index contributed by atoms with van der Waals surface area (Å²) in [6, 6.07) is 18.3. The zero-order chi connectivity index (χ0) is 18.8. The van der Waals surface area contributed by atoms with Gasteiger partial charge in [-0.1, -0.05) is 48.5 Å². The lowest BCUT2D eigenvalue weighted by molar-refractivity contribution is 0.0623. The zero-order valence-corrected chi connectivity index (χ0v) is 14.9. The van der Waals surface area contributed by atoms with Crippen molar-refractivity contribution in [3.05, 3.63) is 83.4 Å². The molecule has 0 N–H and O–H groups in total. The van der Waals surface area contributed by atoms with E-state index in [1.807, 2.05) is 12.1 Å². The molecule has 0 atom stereocenters. The van der Waals surface area contributed by atoms with Crippen LogP contribution in [-0.4, -0.2) is 41.9 Å². The summed E-state index contributed by atoms with van der Waals surface area (Å²) in [5.41, 5.74) is 1.06. The summed E-state index contributed by atoms with van der Waals surface area (Å²) < 4.78 is 27.3. The summed E-state index contributed by atoms with van der Waals surface area (Å²) in [5.74, 6) is -2.51. The predicted octanol–water partition coefficient (Wildman–Crippen LogP) is 4.08. The van der Waals surface area contributed by atoms with E-state index in [1.54, 1.807) is 4.90 Å². The van der Waals surface area contributed by atoms with E-state index < -0.39 is 17.5 Å². The minimum atomic E-state index is -1.07. The molecule has 0 bridgehead atoms. The van der Waals surface area contributed by atoms with Gasteiger partial charge in [0.05, 0.1) is 5.56 Å². The Hall–Kier alpha value is -2.79. The molecule has 1 saturated heterocycles. The van der Waals surface area contributed by atoms with Crippen LogP contribution in [0, 0.1) is 11.6 Å². The number of hydrogen-bond acceptors (Lipinski definition) is 2. The van der Waals surface area contributed by atoms with Gasteiger partial charge >= 0.3 is 0 Å². The predicted molar refractivity (Wildman–Crippen MR) is 101 cm³/mol. The molecular weight excluding hydrogens is 346 g/mol. The minimum absolute atomic E-state index is 0.197. The Labute approximate surface area is 156 Å². The van der Waals surface area contributed by atoms with Crippen molar-refractivity contribution in [1.82, 2.24) is 9.80 Å². The van der Waals surface area contributed by atoms with Gasteiger partial charge in [0.25, 0.3) is 5.91 Å². The number of hydrogen-bond donors (Lipinski definition) is 0. The fraction of sp³-hybridized carbons (Fsp3) is 0.227. The van der Waals surface area contributed by atoms with Crippen LogP contribution in [-0.2, 0) is 6.54 Å². The summed E-state index contributed by atoms with van der Waals surface area (Å²) in [6.07, 6.45) is 0. The largest absolute Gasteiger partial charge is 0.336 e. The third kappa shape index (κ3) is 3.55. The van der Waals surface area contributed by atoms with E-state index in [-0.39, 0.29) is 5.56 Å². The van der Waals surface area contributed by atoms with Gasteiger partial charge in [-0.05, 0) is 28.5 Å². The first-order valence-electron chi connectivity index (χ1n) is 9.06. The molecule has 1 amide bonds. The Balaban J connectivity index is 1.43. The van der Waals surface area contributed by atoms with Crippen LogP contribution in [0.15, 0.2) is 60.7 Å². The molecule has 3 aromatic rings. The van der Waals surface area contributed by atoms with Gasteiger partial charge in [0, 0.05) is 32.7 Å². The fourth-order valence-electron chi connectivity index (χ4n) is 3.62. The number of halogens is 2. The molecule has 0 spiro atoms. The number of benzene rings is 3. The van der Waals surface area contributed by atoms with Gasteiger partial charge in [-0.3, -0.25) is 9.69 Å².